The molecule has 100 valence electrons. The van der Waals surface area contributed by atoms with E-state index in [0.29, 0.717) is 11.4 Å². The van der Waals surface area contributed by atoms with Crippen LogP contribution in [0.5, 0.6) is 0 Å². The van der Waals surface area contributed by atoms with Gasteiger partial charge in [-0.25, -0.2) is 0 Å². The van der Waals surface area contributed by atoms with Crippen LogP contribution in [0.4, 0.5) is 0 Å². The minimum absolute atomic E-state index is 0.00120. The smallest absolute Gasteiger partial charge is 0.223 e. The fourth-order valence-electron chi connectivity index (χ4n) is 3.17. The van der Waals surface area contributed by atoms with E-state index in [1.807, 2.05) is 38.1 Å². The van der Waals surface area contributed by atoms with Gasteiger partial charge in [-0.15, -0.1) is 0 Å². The molecule has 3 rings (SSSR count). The van der Waals surface area contributed by atoms with Gasteiger partial charge in [-0.2, -0.15) is 0 Å². The number of carbonyl (C=O) groups excluding carboxylic acids is 1. The maximum atomic E-state index is 11.9. The lowest BCUT2D eigenvalue weighted by Gasteiger charge is -2.39. The van der Waals surface area contributed by atoms with E-state index in [1.165, 1.54) is 0 Å². The number of nitrogens with zero attached hydrogens (tertiary/aromatic N) is 1. The van der Waals surface area contributed by atoms with Gasteiger partial charge >= 0.3 is 0 Å². The molecule has 0 unspecified atom stereocenters. The van der Waals surface area contributed by atoms with Crippen LogP contribution in [0.3, 0.4) is 0 Å². The lowest BCUT2D eigenvalue weighted by atomic mass is 9.73. The summed E-state index contributed by atoms with van der Waals surface area (Å²) < 4.78 is 0. The molecule has 1 saturated heterocycles. The largest absolute Gasteiger partial charge is 0.367 e. The highest BCUT2D eigenvalue weighted by Crippen LogP contribution is 2.45. The van der Waals surface area contributed by atoms with E-state index in [-0.39, 0.29) is 17.7 Å². The maximum Gasteiger partial charge on any atom is 0.223 e. The van der Waals surface area contributed by atoms with Crippen LogP contribution in [-0.2, 0) is 9.63 Å². The number of halogens is 1. The molecule has 0 aromatic heterocycles. The van der Waals surface area contributed by atoms with E-state index in [4.69, 9.17) is 16.4 Å². The van der Waals surface area contributed by atoms with Crippen molar-refractivity contribution >= 4 is 23.2 Å². The summed E-state index contributed by atoms with van der Waals surface area (Å²) in [5, 5.41) is 7.62. The van der Waals surface area contributed by atoms with Crippen LogP contribution in [-0.4, -0.2) is 17.3 Å². The topological polar surface area (TPSA) is 50.7 Å². The quantitative estimate of drug-likeness (QED) is 0.859. The average molecular weight is 279 g/mol. The van der Waals surface area contributed by atoms with Gasteiger partial charge in [0.15, 0.2) is 0 Å². The number of piperidine rings is 1. The second-order valence-corrected chi connectivity index (χ2v) is 5.70. The highest BCUT2D eigenvalue weighted by molar-refractivity contribution is 6.31. The van der Waals surface area contributed by atoms with E-state index in [1.54, 1.807) is 0 Å². The van der Waals surface area contributed by atoms with Gasteiger partial charge in [0.2, 0.25) is 11.6 Å². The molecule has 4 nitrogen and oxygen atoms in total. The zero-order valence-corrected chi connectivity index (χ0v) is 11.6. The first-order chi connectivity index (χ1) is 9.01. The number of fused-ring (bicyclic) bond motifs is 1. The molecular formula is C14H15ClN2O2. The summed E-state index contributed by atoms with van der Waals surface area (Å²) in [6.45, 7) is 3.79. The summed E-state index contributed by atoms with van der Waals surface area (Å²) in [7, 11) is 0. The Labute approximate surface area is 116 Å². The molecule has 19 heavy (non-hydrogen) atoms. The molecule has 1 aromatic rings. The summed E-state index contributed by atoms with van der Waals surface area (Å²) in [5.41, 5.74) is 1.12. The van der Waals surface area contributed by atoms with Crippen molar-refractivity contribution in [1.82, 2.24) is 5.32 Å². The monoisotopic (exact) mass is 278 g/mol. The van der Waals surface area contributed by atoms with Crippen molar-refractivity contribution in [3.63, 3.8) is 0 Å². The van der Waals surface area contributed by atoms with Crippen LogP contribution < -0.4 is 5.32 Å². The van der Waals surface area contributed by atoms with E-state index < -0.39 is 5.72 Å². The summed E-state index contributed by atoms with van der Waals surface area (Å²) in [6.07, 6.45) is 0.403. The zero-order chi connectivity index (χ0) is 13.6. The number of hydrogen-bond acceptors (Lipinski definition) is 3. The number of amides is 1. The van der Waals surface area contributed by atoms with Crippen LogP contribution in [0.25, 0.3) is 0 Å². The lowest BCUT2D eigenvalue weighted by molar-refractivity contribution is -0.141. The Kier molecular flexibility index (Phi) is 2.78. The molecule has 2 aliphatic rings. The summed E-state index contributed by atoms with van der Waals surface area (Å²) in [5.74, 6) is -0.0163. The number of carbonyl (C=O) groups is 1. The van der Waals surface area contributed by atoms with Gasteiger partial charge in [0.05, 0.1) is 11.6 Å². The molecule has 2 aliphatic heterocycles. The van der Waals surface area contributed by atoms with Gasteiger partial charge in [-0.1, -0.05) is 35.0 Å². The van der Waals surface area contributed by atoms with Gasteiger partial charge in [0.1, 0.15) is 0 Å². The summed E-state index contributed by atoms with van der Waals surface area (Å²) >= 11 is 6.28. The lowest BCUT2D eigenvalue weighted by Crippen LogP contribution is -2.58. The molecular weight excluding hydrogens is 264 g/mol. The fourth-order valence-corrected chi connectivity index (χ4v) is 3.44. The molecule has 1 amide bonds. The van der Waals surface area contributed by atoms with Crippen molar-refractivity contribution in [2.75, 3.05) is 0 Å². The fraction of sp³-hybridized carbons (Fsp3) is 0.429. The van der Waals surface area contributed by atoms with Crippen molar-refractivity contribution in [3.05, 3.63) is 34.9 Å². The Balaban J connectivity index is 2.06. The van der Waals surface area contributed by atoms with Crippen LogP contribution in [0, 0.1) is 5.92 Å². The zero-order valence-electron chi connectivity index (χ0n) is 10.8. The molecule has 1 aromatic carbocycles. The van der Waals surface area contributed by atoms with Crippen molar-refractivity contribution in [3.8, 4) is 0 Å². The first kappa shape index (κ1) is 12.5. The molecule has 0 radical (unpaired) electrons. The predicted octanol–water partition coefficient (Wildman–Crippen LogP) is 2.68. The molecule has 5 heteroatoms. The standard InChI is InChI=1S/C14H15ClN2O2/c1-8-13-10(9-5-3-4-6-11(9)15)7-12(18)16-14(13,2)19-17-8/h3-6,10,13H,7H2,1-2H3,(H,16,18)/t10-,13-,14-/m1/s1. The SMILES string of the molecule is CC1=NO[C@@]2(C)NC(=O)C[C@H](c3ccccc3Cl)[C@@H]12. The highest BCUT2D eigenvalue weighted by atomic mass is 35.5. The summed E-state index contributed by atoms with van der Waals surface area (Å²) in [4.78, 5) is 17.4. The van der Waals surface area contributed by atoms with Gasteiger partial charge in [-0.05, 0) is 25.5 Å². The Hall–Kier alpha value is -1.55. The molecule has 1 N–H and O–H groups in total. The second kappa shape index (κ2) is 4.23. The minimum atomic E-state index is -0.761. The molecule has 0 saturated carbocycles. The third-order valence-corrected chi connectivity index (χ3v) is 4.27. The highest BCUT2D eigenvalue weighted by Gasteiger charge is 2.53. The first-order valence-electron chi connectivity index (χ1n) is 6.29. The Morgan fingerprint density at radius 1 is 1.47 bits per heavy atom. The van der Waals surface area contributed by atoms with Crippen molar-refractivity contribution < 1.29 is 9.63 Å². The molecule has 0 spiro atoms. The number of hydrogen-bond donors (Lipinski definition) is 1. The van der Waals surface area contributed by atoms with E-state index in [9.17, 15) is 4.79 Å². The number of benzene rings is 1. The molecule has 1 fully saturated rings. The van der Waals surface area contributed by atoms with Crippen molar-refractivity contribution in [2.45, 2.75) is 31.9 Å². The van der Waals surface area contributed by atoms with Gasteiger partial charge in [-0.3, -0.25) is 4.79 Å². The Morgan fingerprint density at radius 3 is 2.95 bits per heavy atom. The third-order valence-electron chi connectivity index (χ3n) is 3.92. The molecule has 3 atom stereocenters. The number of oxime groups is 1. The number of rotatable bonds is 1. The minimum Gasteiger partial charge on any atom is -0.367 e. The second-order valence-electron chi connectivity index (χ2n) is 5.29. The Morgan fingerprint density at radius 2 is 2.21 bits per heavy atom. The van der Waals surface area contributed by atoms with E-state index in [0.717, 1.165) is 11.3 Å². The van der Waals surface area contributed by atoms with Gasteiger partial charge in [0, 0.05) is 17.4 Å². The van der Waals surface area contributed by atoms with Gasteiger partial charge in [0.25, 0.3) is 0 Å². The first-order valence-corrected chi connectivity index (χ1v) is 6.67. The van der Waals surface area contributed by atoms with Crippen LogP contribution in [0.2, 0.25) is 5.02 Å². The summed E-state index contributed by atoms with van der Waals surface area (Å²) in [6, 6.07) is 7.65. The maximum absolute atomic E-state index is 11.9. The average Bonchev–Trinajstić information content (AvgIpc) is 2.65. The predicted molar refractivity (Wildman–Crippen MR) is 73.0 cm³/mol. The van der Waals surface area contributed by atoms with Crippen molar-refractivity contribution in [2.24, 2.45) is 11.1 Å². The van der Waals surface area contributed by atoms with Crippen LogP contribution in [0.1, 0.15) is 31.7 Å². The van der Waals surface area contributed by atoms with Crippen LogP contribution >= 0.6 is 11.6 Å². The van der Waals surface area contributed by atoms with Gasteiger partial charge < -0.3 is 10.2 Å². The molecule has 2 heterocycles. The van der Waals surface area contributed by atoms with E-state index in [2.05, 4.69) is 10.5 Å². The number of nitrogens with one attached hydrogen (secondary N) is 1. The normalized spacial score (nSPS) is 33.2. The van der Waals surface area contributed by atoms with E-state index >= 15 is 0 Å². The van der Waals surface area contributed by atoms with Crippen LogP contribution in [0.15, 0.2) is 29.4 Å². The Bertz CT molecular complexity index is 572. The molecule has 0 aliphatic carbocycles. The molecule has 0 bridgehead atoms. The van der Waals surface area contributed by atoms with Crippen molar-refractivity contribution in [1.29, 1.82) is 0 Å². The third kappa shape index (κ3) is 1.91.